The molecule has 0 heterocycles. The zero-order valence-electron chi connectivity index (χ0n) is 13.7. The fraction of sp³-hybridized carbons (Fsp3) is 0.263. The lowest BCUT2D eigenvalue weighted by Crippen LogP contribution is -2.10. The van der Waals surface area contributed by atoms with Crippen LogP contribution in [0.15, 0.2) is 42.5 Å². The van der Waals surface area contributed by atoms with E-state index in [1.807, 2.05) is 37.3 Å². The molecule has 2 aromatic rings. The molecule has 0 saturated carbocycles. The number of hydrogen-bond acceptors (Lipinski definition) is 5. The summed E-state index contributed by atoms with van der Waals surface area (Å²) in [6.45, 7) is 2.49. The fourth-order valence-electron chi connectivity index (χ4n) is 2.24. The molecule has 124 valence electrons. The SMILES string of the molecule is CCOc1ccccc1CCC(=O)Oc1ccc(C#N)cc1OC. The van der Waals surface area contributed by atoms with Gasteiger partial charge in [-0.3, -0.25) is 4.79 Å². The fourth-order valence-corrected chi connectivity index (χ4v) is 2.24. The number of nitriles is 1. The number of esters is 1. The van der Waals surface area contributed by atoms with E-state index in [-0.39, 0.29) is 12.4 Å². The highest BCUT2D eigenvalue weighted by molar-refractivity contribution is 5.73. The molecule has 0 spiro atoms. The first-order chi connectivity index (χ1) is 11.7. The van der Waals surface area contributed by atoms with Crippen LogP contribution in [0, 0.1) is 11.3 Å². The summed E-state index contributed by atoms with van der Waals surface area (Å²) < 4.78 is 16.0. The minimum Gasteiger partial charge on any atom is -0.494 e. The largest absolute Gasteiger partial charge is 0.494 e. The van der Waals surface area contributed by atoms with Gasteiger partial charge in [-0.05, 0) is 37.1 Å². The summed E-state index contributed by atoms with van der Waals surface area (Å²) in [5, 5.41) is 8.89. The van der Waals surface area contributed by atoms with E-state index >= 15 is 0 Å². The van der Waals surface area contributed by atoms with Crippen molar-refractivity contribution in [1.29, 1.82) is 5.26 Å². The summed E-state index contributed by atoms with van der Waals surface area (Å²) in [6, 6.07) is 14.3. The second-order valence-electron chi connectivity index (χ2n) is 4.99. The van der Waals surface area contributed by atoms with E-state index in [4.69, 9.17) is 19.5 Å². The van der Waals surface area contributed by atoms with Crippen molar-refractivity contribution in [3.63, 3.8) is 0 Å². The monoisotopic (exact) mass is 325 g/mol. The molecular formula is C19H19NO4. The Balaban J connectivity index is 2.01. The van der Waals surface area contributed by atoms with Gasteiger partial charge in [0, 0.05) is 6.07 Å². The van der Waals surface area contributed by atoms with Crippen molar-refractivity contribution in [2.24, 2.45) is 0 Å². The summed E-state index contributed by atoms with van der Waals surface area (Å²) in [7, 11) is 1.46. The molecule has 0 N–H and O–H groups in total. The third-order valence-electron chi connectivity index (χ3n) is 3.39. The van der Waals surface area contributed by atoms with Gasteiger partial charge in [-0.1, -0.05) is 18.2 Å². The van der Waals surface area contributed by atoms with Crippen molar-refractivity contribution in [1.82, 2.24) is 0 Å². The van der Waals surface area contributed by atoms with Gasteiger partial charge in [0.2, 0.25) is 0 Å². The average molecular weight is 325 g/mol. The van der Waals surface area contributed by atoms with Gasteiger partial charge in [0.25, 0.3) is 0 Å². The van der Waals surface area contributed by atoms with Crippen LogP contribution in [0.2, 0.25) is 0 Å². The van der Waals surface area contributed by atoms with Crippen LogP contribution in [-0.2, 0) is 11.2 Å². The summed E-state index contributed by atoms with van der Waals surface area (Å²) in [6.07, 6.45) is 0.737. The third kappa shape index (κ3) is 4.50. The van der Waals surface area contributed by atoms with E-state index in [1.54, 1.807) is 12.1 Å². The first-order valence-electron chi connectivity index (χ1n) is 7.67. The highest BCUT2D eigenvalue weighted by Crippen LogP contribution is 2.28. The Labute approximate surface area is 141 Å². The molecule has 0 saturated heterocycles. The molecule has 2 rings (SSSR count). The normalized spacial score (nSPS) is 9.88. The van der Waals surface area contributed by atoms with Crippen LogP contribution in [0.3, 0.4) is 0 Å². The molecule has 0 aromatic heterocycles. The number of ether oxygens (including phenoxy) is 3. The number of para-hydroxylation sites is 1. The van der Waals surface area contributed by atoms with E-state index in [1.165, 1.54) is 13.2 Å². The molecule has 0 amide bonds. The van der Waals surface area contributed by atoms with Gasteiger partial charge in [0.05, 0.1) is 31.8 Å². The predicted molar refractivity (Wildman–Crippen MR) is 89.3 cm³/mol. The molecule has 0 aliphatic heterocycles. The second kappa shape index (κ2) is 8.59. The Morgan fingerprint density at radius 1 is 1.12 bits per heavy atom. The van der Waals surface area contributed by atoms with Gasteiger partial charge in [0.15, 0.2) is 11.5 Å². The van der Waals surface area contributed by atoms with Crippen LogP contribution in [0.5, 0.6) is 17.2 Å². The minimum absolute atomic E-state index is 0.216. The van der Waals surface area contributed by atoms with E-state index < -0.39 is 0 Å². The molecule has 5 heteroatoms. The molecule has 0 aliphatic carbocycles. The number of carbonyl (C=O) groups excluding carboxylic acids is 1. The highest BCUT2D eigenvalue weighted by Gasteiger charge is 2.12. The molecule has 2 aromatic carbocycles. The Kier molecular flexibility index (Phi) is 6.21. The Morgan fingerprint density at radius 3 is 2.62 bits per heavy atom. The number of benzene rings is 2. The summed E-state index contributed by atoms with van der Waals surface area (Å²) in [5.74, 6) is 1.07. The summed E-state index contributed by atoms with van der Waals surface area (Å²) >= 11 is 0. The minimum atomic E-state index is -0.371. The van der Waals surface area contributed by atoms with Crippen LogP contribution < -0.4 is 14.2 Å². The number of hydrogen-bond donors (Lipinski definition) is 0. The molecule has 0 atom stereocenters. The summed E-state index contributed by atoms with van der Waals surface area (Å²) in [5.41, 5.74) is 1.40. The van der Waals surface area contributed by atoms with Crippen molar-refractivity contribution in [3.8, 4) is 23.3 Å². The Morgan fingerprint density at radius 2 is 1.92 bits per heavy atom. The van der Waals surface area contributed by atoms with Gasteiger partial charge >= 0.3 is 5.97 Å². The maximum atomic E-state index is 12.1. The van der Waals surface area contributed by atoms with Crippen molar-refractivity contribution < 1.29 is 19.0 Å². The number of nitrogens with zero attached hydrogens (tertiary/aromatic N) is 1. The molecule has 5 nitrogen and oxygen atoms in total. The number of aryl methyl sites for hydroxylation is 1. The zero-order valence-corrected chi connectivity index (χ0v) is 13.7. The quantitative estimate of drug-likeness (QED) is 0.575. The topological polar surface area (TPSA) is 68.5 Å². The molecule has 0 radical (unpaired) electrons. The summed E-state index contributed by atoms with van der Waals surface area (Å²) in [4.78, 5) is 12.1. The van der Waals surface area contributed by atoms with E-state index in [0.717, 1.165) is 11.3 Å². The molecule has 24 heavy (non-hydrogen) atoms. The van der Waals surface area contributed by atoms with E-state index in [0.29, 0.717) is 30.1 Å². The van der Waals surface area contributed by atoms with E-state index in [9.17, 15) is 4.79 Å². The average Bonchev–Trinajstić information content (AvgIpc) is 2.61. The van der Waals surface area contributed by atoms with Gasteiger partial charge < -0.3 is 14.2 Å². The first kappa shape index (κ1) is 17.4. The maximum Gasteiger partial charge on any atom is 0.311 e. The molecular weight excluding hydrogens is 306 g/mol. The van der Waals surface area contributed by atoms with Crippen molar-refractivity contribution in [2.75, 3.05) is 13.7 Å². The lowest BCUT2D eigenvalue weighted by atomic mass is 10.1. The van der Waals surface area contributed by atoms with Crippen molar-refractivity contribution >= 4 is 5.97 Å². The van der Waals surface area contributed by atoms with Gasteiger partial charge in [-0.2, -0.15) is 5.26 Å². The zero-order chi connectivity index (χ0) is 17.4. The van der Waals surface area contributed by atoms with Crippen molar-refractivity contribution in [2.45, 2.75) is 19.8 Å². The second-order valence-corrected chi connectivity index (χ2v) is 4.99. The van der Waals surface area contributed by atoms with Crippen LogP contribution in [0.25, 0.3) is 0 Å². The maximum absolute atomic E-state index is 12.1. The smallest absolute Gasteiger partial charge is 0.311 e. The number of carbonyl (C=O) groups is 1. The standard InChI is InChI=1S/C19H19NO4/c1-3-23-16-7-5-4-6-15(16)9-11-19(21)24-17-10-8-14(13-20)12-18(17)22-2/h4-8,10,12H,3,9,11H2,1-2H3. The van der Waals surface area contributed by atoms with Crippen LogP contribution >= 0.6 is 0 Å². The van der Waals surface area contributed by atoms with Crippen LogP contribution in [0.1, 0.15) is 24.5 Å². The highest BCUT2D eigenvalue weighted by atomic mass is 16.6. The Hall–Kier alpha value is -3.00. The molecule has 0 unspecified atom stereocenters. The third-order valence-corrected chi connectivity index (χ3v) is 3.39. The first-order valence-corrected chi connectivity index (χ1v) is 7.67. The van der Waals surface area contributed by atoms with Gasteiger partial charge in [-0.15, -0.1) is 0 Å². The van der Waals surface area contributed by atoms with Crippen LogP contribution in [0.4, 0.5) is 0 Å². The molecule has 0 aliphatic rings. The lowest BCUT2D eigenvalue weighted by molar-refractivity contribution is -0.134. The number of rotatable bonds is 7. The molecule has 0 fully saturated rings. The Bertz CT molecular complexity index is 749. The number of methoxy groups -OCH3 is 1. The van der Waals surface area contributed by atoms with Gasteiger partial charge in [0.1, 0.15) is 5.75 Å². The van der Waals surface area contributed by atoms with Crippen LogP contribution in [-0.4, -0.2) is 19.7 Å². The predicted octanol–water partition coefficient (Wildman–Crippen LogP) is 3.50. The van der Waals surface area contributed by atoms with Gasteiger partial charge in [-0.25, -0.2) is 0 Å². The lowest BCUT2D eigenvalue weighted by Gasteiger charge is -2.11. The molecule has 0 bridgehead atoms. The van der Waals surface area contributed by atoms with E-state index in [2.05, 4.69) is 0 Å². The van der Waals surface area contributed by atoms with Crippen molar-refractivity contribution in [3.05, 3.63) is 53.6 Å².